The lowest BCUT2D eigenvalue weighted by atomic mass is 10.2. The highest BCUT2D eigenvalue weighted by molar-refractivity contribution is 5.73. The van der Waals surface area contributed by atoms with Crippen molar-refractivity contribution in [3.05, 3.63) is 47.8 Å². The lowest BCUT2D eigenvalue weighted by molar-refractivity contribution is 0.109. The van der Waals surface area contributed by atoms with Gasteiger partial charge in [0.25, 0.3) is 0 Å². The van der Waals surface area contributed by atoms with Crippen molar-refractivity contribution in [3.63, 3.8) is 0 Å². The first-order chi connectivity index (χ1) is 11.8. The van der Waals surface area contributed by atoms with Gasteiger partial charge in [-0.1, -0.05) is 18.2 Å². The summed E-state index contributed by atoms with van der Waals surface area (Å²) in [5.41, 5.74) is 2.35. The largest absolute Gasteiger partial charge is 0.492 e. The van der Waals surface area contributed by atoms with Gasteiger partial charge < -0.3 is 20.1 Å². The van der Waals surface area contributed by atoms with E-state index in [0.717, 1.165) is 24.3 Å². The lowest BCUT2D eigenvalue weighted by Gasteiger charge is -2.15. The zero-order valence-corrected chi connectivity index (χ0v) is 13.5. The van der Waals surface area contributed by atoms with Gasteiger partial charge >= 0.3 is 6.03 Å². The van der Waals surface area contributed by atoms with Gasteiger partial charge in [0.2, 0.25) is 0 Å². The molecule has 7 nitrogen and oxygen atoms in total. The molecule has 2 heterocycles. The molecule has 0 aliphatic carbocycles. The standard InChI is InChI=1S/C17H22N4O3/c22-17(19-8-11-24-15-4-2-1-3-5-15)18-7-9-21-16-6-10-23-13-14(16)12-20-21/h1-5,12H,6-11,13H2,(H2,18,19,22). The highest BCUT2D eigenvalue weighted by Gasteiger charge is 2.14. The molecule has 1 aliphatic rings. The zero-order chi connectivity index (χ0) is 16.6. The van der Waals surface area contributed by atoms with Gasteiger partial charge in [-0.2, -0.15) is 5.10 Å². The van der Waals surface area contributed by atoms with Crippen LogP contribution >= 0.6 is 0 Å². The third-order valence-corrected chi connectivity index (χ3v) is 3.78. The highest BCUT2D eigenvalue weighted by atomic mass is 16.5. The Labute approximate surface area is 140 Å². The van der Waals surface area contributed by atoms with Gasteiger partial charge in [0.15, 0.2) is 0 Å². The molecule has 0 radical (unpaired) electrons. The number of rotatable bonds is 7. The first kappa shape index (κ1) is 16.3. The van der Waals surface area contributed by atoms with Gasteiger partial charge in [-0.3, -0.25) is 4.68 Å². The summed E-state index contributed by atoms with van der Waals surface area (Å²) >= 11 is 0. The molecule has 0 bridgehead atoms. The Bertz CT molecular complexity index is 657. The van der Waals surface area contributed by atoms with Gasteiger partial charge in [-0.05, 0) is 12.1 Å². The monoisotopic (exact) mass is 330 g/mol. The lowest BCUT2D eigenvalue weighted by Crippen LogP contribution is -2.39. The third-order valence-electron chi connectivity index (χ3n) is 3.78. The van der Waals surface area contributed by atoms with Crippen molar-refractivity contribution in [2.24, 2.45) is 0 Å². The van der Waals surface area contributed by atoms with Crippen LogP contribution in [0.2, 0.25) is 0 Å². The molecule has 0 saturated carbocycles. The van der Waals surface area contributed by atoms with Crippen LogP contribution in [-0.2, 0) is 24.3 Å². The first-order valence-corrected chi connectivity index (χ1v) is 8.14. The molecule has 0 saturated heterocycles. The van der Waals surface area contributed by atoms with Crippen molar-refractivity contribution in [3.8, 4) is 5.75 Å². The summed E-state index contributed by atoms with van der Waals surface area (Å²) in [7, 11) is 0. The molecule has 0 unspecified atom stereocenters. The number of aromatic nitrogens is 2. The Hall–Kier alpha value is -2.54. The summed E-state index contributed by atoms with van der Waals surface area (Å²) in [6.07, 6.45) is 2.72. The van der Waals surface area contributed by atoms with Gasteiger partial charge in [0.05, 0.1) is 32.5 Å². The van der Waals surface area contributed by atoms with Crippen molar-refractivity contribution in [1.29, 1.82) is 0 Å². The molecule has 1 aliphatic heterocycles. The molecule has 2 aromatic rings. The van der Waals surface area contributed by atoms with Crippen molar-refractivity contribution in [2.45, 2.75) is 19.6 Å². The predicted molar refractivity (Wildman–Crippen MR) is 88.9 cm³/mol. The third kappa shape index (κ3) is 4.48. The molecule has 24 heavy (non-hydrogen) atoms. The normalized spacial score (nSPS) is 13.2. The first-order valence-electron chi connectivity index (χ1n) is 8.14. The minimum atomic E-state index is -0.198. The number of nitrogens with zero attached hydrogens (tertiary/aromatic N) is 2. The van der Waals surface area contributed by atoms with Crippen molar-refractivity contribution < 1.29 is 14.3 Å². The van der Waals surface area contributed by atoms with Gasteiger partial charge in [-0.25, -0.2) is 4.79 Å². The van der Waals surface area contributed by atoms with E-state index in [-0.39, 0.29) is 6.03 Å². The maximum Gasteiger partial charge on any atom is 0.314 e. The summed E-state index contributed by atoms with van der Waals surface area (Å²) in [5, 5.41) is 9.95. The summed E-state index contributed by atoms with van der Waals surface area (Å²) < 4.78 is 12.8. The number of hydrogen-bond donors (Lipinski definition) is 2. The molecule has 3 rings (SSSR count). The Morgan fingerprint density at radius 3 is 2.96 bits per heavy atom. The molecular weight excluding hydrogens is 308 g/mol. The summed E-state index contributed by atoms with van der Waals surface area (Å²) in [6.45, 7) is 3.43. The highest BCUT2D eigenvalue weighted by Crippen LogP contribution is 2.15. The van der Waals surface area contributed by atoms with Crippen LogP contribution in [0.15, 0.2) is 36.5 Å². The van der Waals surface area contributed by atoms with Crippen LogP contribution in [0.1, 0.15) is 11.3 Å². The smallest absolute Gasteiger partial charge is 0.314 e. The Morgan fingerprint density at radius 2 is 2.08 bits per heavy atom. The van der Waals surface area contributed by atoms with Crippen molar-refractivity contribution in [1.82, 2.24) is 20.4 Å². The number of nitrogens with one attached hydrogen (secondary N) is 2. The van der Waals surface area contributed by atoms with Gasteiger partial charge in [-0.15, -0.1) is 0 Å². The van der Waals surface area contributed by atoms with Crippen LogP contribution in [0.5, 0.6) is 5.75 Å². The van der Waals surface area contributed by atoms with Crippen molar-refractivity contribution >= 4 is 6.03 Å². The summed E-state index contributed by atoms with van der Waals surface area (Å²) in [6, 6.07) is 9.33. The second-order valence-corrected chi connectivity index (χ2v) is 5.49. The molecule has 2 N–H and O–H groups in total. The van der Waals surface area contributed by atoms with E-state index < -0.39 is 0 Å². The number of urea groups is 1. The van der Waals surface area contributed by atoms with Crippen LogP contribution in [-0.4, -0.2) is 42.1 Å². The van der Waals surface area contributed by atoms with E-state index in [4.69, 9.17) is 9.47 Å². The topological polar surface area (TPSA) is 77.4 Å². The van der Waals surface area contributed by atoms with Crippen LogP contribution in [0.25, 0.3) is 0 Å². The predicted octanol–water partition coefficient (Wildman–Crippen LogP) is 1.33. The molecule has 0 fully saturated rings. The van der Waals surface area contributed by atoms with E-state index in [1.807, 2.05) is 41.2 Å². The number of benzene rings is 1. The number of carbonyl (C=O) groups excluding carboxylic acids is 1. The Kier molecular flexibility index (Phi) is 5.68. The van der Waals surface area contributed by atoms with Crippen LogP contribution in [0.4, 0.5) is 4.79 Å². The maximum absolute atomic E-state index is 11.7. The average Bonchev–Trinajstić information content (AvgIpc) is 3.03. The van der Waals surface area contributed by atoms with E-state index in [2.05, 4.69) is 15.7 Å². The number of hydrogen-bond acceptors (Lipinski definition) is 4. The van der Waals surface area contributed by atoms with E-state index in [0.29, 0.717) is 32.8 Å². The number of carbonyl (C=O) groups is 1. The zero-order valence-electron chi connectivity index (χ0n) is 13.5. The second-order valence-electron chi connectivity index (χ2n) is 5.49. The molecule has 1 aromatic carbocycles. The molecule has 0 spiro atoms. The second kappa shape index (κ2) is 8.35. The van der Waals surface area contributed by atoms with Crippen molar-refractivity contribution in [2.75, 3.05) is 26.3 Å². The Balaban J connectivity index is 1.31. The van der Waals surface area contributed by atoms with E-state index in [1.54, 1.807) is 0 Å². The molecule has 1 aromatic heterocycles. The minimum Gasteiger partial charge on any atom is -0.492 e. The van der Waals surface area contributed by atoms with Crippen LogP contribution in [0.3, 0.4) is 0 Å². The van der Waals surface area contributed by atoms with Crippen LogP contribution in [0, 0.1) is 0 Å². The maximum atomic E-state index is 11.7. The van der Waals surface area contributed by atoms with Gasteiger partial charge in [0.1, 0.15) is 12.4 Å². The molecule has 0 atom stereocenters. The SMILES string of the molecule is O=C(NCCOc1ccccc1)NCCn1ncc2c1CCOC2. The van der Waals surface area contributed by atoms with E-state index in [1.165, 1.54) is 5.69 Å². The molecule has 2 amide bonds. The fourth-order valence-corrected chi connectivity index (χ4v) is 2.59. The van der Waals surface area contributed by atoms with Crippen LogP contribution < -0.4 is 15.4 Å². The summed E-state index contributed by atoms with van der Waals surface area (Å²) in [5.74, 6) is 0.798. The number of ether oxygens (including phenoxy) is 2. The summed E-state index contributed by atoms with van der Waals surface area (Å²) in [4.78, 5) is 11.7. The molecule has 7 heteroatoms. The minimum absolute atomic E-state index is 0.198. The fourth-order valence-electron chi connectivity index (χ4n) is 2.59. The molecular formula is C17H22N4O3. The number of fused-ring (bicyclic) bond motifs is 1. The average molecular weight is 330 g/mol. The number of amides is 2. The molecule has 128 valence electrons. The fraction of sp³-hybridized carbons (Fsp3) is 0.412. The van der Waals surface area contributed by atoms with E-state index >= 15 is 0 Å². The quantitative estimate of drug-likeness (QED) is 0.751. The van der Waals surface area contributed by atoms with E-state index in [9.17, 15) is 4.79 Å². The van der Waals surface area contributed by atoms with Gasteiger partial charge in [0, 0.05) is 24.2 Å². The number of para-hydroxylation sites is 1. The Morgan fingerprint density at radius 1 is 1.25 bits per heavy atom.